The summed E-state index contributed by atoms with van der Waals surface area (Å²) < 4.78 is 36.3. The van der Waals surface area contributed by atoms with E-state index in [1.54, 1.807) is 41.1 Å². The van der Waals surface area contributed by atoms with E-state index >= 15 is 0 Å². The van der Waals surface area contributed by atoms with E-state index < -0.39 is 83.9 Å². The van der Waals surface area contributed by atoms with Crippen molar-refractivity contribution in [1.82, 2.24) is 4.90 Å². The first-order chi connectivity index (χ1) is 35.2. The fraction of sp³-hybridized carbons (Fsp3) is 0.678. The van der Waals surface area contributed by atoms with Crippen molar-refractivity contribution in [2.75, 3.05) is 34.5 Å². The Balaban J connectivity index is 1.49. The Kier molecular flexibility index (Phi) is 23.6. The Morgan fingerprint density at radius 3 is 2.26 bits per heavy atom. The van der Waals surface area contributed by atoms with Gasteiger partial charge in [-0.2, -0.15) is 0 Å². The van der Waals surface area contributed by atoms with Crippen molar-refractivity contribution in [1.29, 1.82) is 0 Å². The Morgan fingerprint density at radius 1 is 0.838 bits per heavy atom. The number of rotatable bonds is 10. The molecule has 1 amide bonds. The number of aliphatic hydroxyl groups is 3. The Morgan fingerprint density at radius 2 is 1.57 bits per heavy atom. The molecule has 2 saturated heterocycles. The molecule has 15 nitrogen and oxygen atoms in total. The van der Waals surface area contributed by atoms with Crippen molar-refractivity contribution in [3.05, 3.63) is 83.5 Å². The monoisotopic (exact) mass is 1030 g/mol. The van der Waals surface area contributed by atoms with Crippen LogP contribution in [0.2, 0.25) is 0 Å². The lowest BCUT2D eigenvalue weighted by molar-refractivity contribution is -0.266. The minimum absolute atomic E-state index is 0.0147. The van der Waals surface area contributed by atoms with Crippen LogP contribution in [0.1, 0.15) is 137 Å². The van der Waals surface area contributed by atoms with Gasteiger partial charge in [0.05, 0.1) is 31.0 Å². The average molecular weight is 1030 g/mol. The number of nitrogens with zero attached hydrogens (tertiary/aromatic N) is 1. The lowest BCUT2D eigenvalue weighted by Crippen LogP contribution is -2.61. The summed E-state index contributed by atoms with van der Waals surface area (Å²) in [6.07, 6.45) is 10.2. The van der Waals surface area contributed by atoms with Crippen LogP contribution in [-0.2, 0) is 52.4 Å². The fourth-order valence-electron chi connectivity index (χ4n) is 11.2. The summed E-state index contributed by atoms with van der Waals surface area (Å²) in [6.45, 7) is 12.9. The van der Waals surface area contributed by atoms with Gasteiger partial charge in [0.25, 0.3) is 11.7 Å². The van der Waals surface area contributed by atoms with Gasteiger partial charge in [0.15, 0.2) is 5.78 Å². The second-order valence-corrected chi connectivity index (χ2v) is 21.8. The predicted octanol–water partition coefficient (Wildman–Crippen LogP) is 7.94. The molecule has 3 aliphatic heterocycles. The van der Waals surface area contributed by atoms with E-state index in [9.17, 15) is 39.3 Å². The van der Waals surface area contributed by atoms with E-state index in [1.165, 1.54) is 12.0 Å². The van der Waals surface area contributed by atoms with Crippen LogP contribution in [0.25, 0.3) is 0 Å². The SMILES string of the molecule is CO[C@H](COC1C[C@@H]2CC[C@@H](C)[C@@](O)(O2)C(=O)C(=O)N2CCCCC2C(=O)O[C@H]([C@H](C)C[C@@H]2CC[C@@H](O)[C@H](OC)C2)CC(=O)[C@H](C)/C=C(\C)[C@@H](O)[C@@H](OC)C(=O)[C@H](C)C[C@H](C)/C=C/C=CC=C1C)c1ccccc1. The van der Waals surface area contributed by atoms with Crippen molar-refractivity contribution in [2.45, 2.75) is 186 Å². The minimum atomic E-state index is -2.49. The molecule has 0 spiro atoms. The lowest BCUT2D eigenvalue weighted by atomic mass is 9.78. The van der Waals surface area contributed by atoms with E-state index in [0.717, 1.165) is 11.1 Å². The van der Waals surface area contributed by atoms with Gasteiger partial charge in [0.2, 0.25) is 5.79 Å². The number of carbonyl (C=O) groups excluding carboxylic acids is 5. The van der Waals surface area contributed by atoms with Gasteiger partial charge in [-0.25, -0.2) is 4.79 Å². The number of cyclic esters (lactones) is 1. The number of amides is 1. The first-order valence-corrected chi connectivity index (χ1v) is 27.1. The van der Waals surface area contributed by atoms with Crippen LogP contribution < -0.4 is 0 Å². The Labute approximate surface area is 440 Å². The second kappa shape index (κ2) is 28.8. The zero-order valence-electron chi connectivity index (χ0n) is 45.7. The number of aliphatic hydroxyl groups excluding tert-OH is 2. The maximum Gasteiger partial charge on any atom is 0.329 e. The number of methoxy groups -OCH3 is 3. The maximum atomic E-state index is 14.5. The third kappa shape index (κ3) is 16.2. The van der Waals surface area contributed by atoms with Crippen molar-refractivity contribution >= 4 is 29.2 Å². The summed E-state index contributed by atoms with van der Waals surface area (Å²) in [5.74, 6) is -8.25. The quantitative estimate of drug-likeness (QED) is 0.116. The molecule has 2 unspecified atom stereocenters. The van der Waals surface area contributed by atoms with Crippen molar-refractivity contribution < 1.29 is 67.7 Å². The van der Waals surface area contributed by atoms with Crippen LogP contribution in [0.4, 0.5) is 0 Å². The highest BCUT2D eigenvalue weighted by atomic mass is 16.6. The molecular formula is C59H87NO14. The predicted molar refractivity (Wildman–Crippen MR) is 280 cm³/mol. The number of ether oxygens (including phenoxy) is 6. The standard InChI is InChI=1S/C59H87NO14/c1-36-19-13-11-14-20-37(2)49(72-35-52(70-9)44-21-15-12-16-22-44)33-45-26-24-42(7)59(68,74-45)56(65)57(66)60-28-18-17-23-46(60)58(67)73-50(39(4)31-43-25-27-47(61)51(32-43)69-8)34-48(62)38(3)30-41(6)54(64)55(71-10)53(63)40(5)29-36/h11-16,19-22,30,36,38-40,42-43,45-47,49-52,54-55,61,64,68H,17-18,23-29,31-35H2,1-10H3/b14-11?,19-13+,37-20?,41-30+/t36-,38-,39-,40-,42-,43+,45+,46?,47-,49?,50+,51-,52-,54-,55+,59-/m1/s1. The maximum absolute atomic E-state index is 14.5. The van der Waals surface area contributed by atoms with Gasteiger partial charge >= 0.3 is 5.97 Å². The van der Waals surface area contributed by atoms with Gasteiger partial charge in [-0.1, -0.05) is 101 Å². The Bertz CT molecular complexity index is 2140. The number of Topliss-reactive ketones (excluding diaryl/α,β-unsaturated/α-hetero) is 3. The Hall–Kier alpha value is -4.19. The van der Waals surface area contributed by atoms with Crippen LogP contribution in [0.5, 0.6) is 0 Å². The van der Waals surface area contributed by atoms with Crippen molar-refractivity contribution in [3.8, 4) is 0 Å². The van der Waals surface area contributed by atoms with E-state index in [4.69, 9.17) is 28.4 Å². The molecule has 1 aliphatic carbocycles. The largest absolute Gasteiger partial charge is 0.460 e. The number of carbonyl (C=O) groups is 5. The van der Waals surface area contributed by atoms with Gasteiger partial charge in [-0.15, -0.1) is 0 Å². The summed E-state index contributed by atoms with van der Waals surface area (Å²) in [7, 11) is 4.56. The molecule has 1 aromatic carbocycles. The smallest absolute Gasteiger partial charge is 0.329 e. The number of esters is 1. The summed E-state index contributed by atoms with van der Waals surface area (Å²) in [5, 5.41) is 34.3. The topological polar surface area (TPSA) is 205 Å². The number of hydrogen-bond donors (Lipinski definition) is 3. The van der Waals surface area contributed by atoms with E-state index in [2.05, 4.69) is 0 Å². The normalized spacial score (nSPS) is 36.2. The fourth-order valence-corrected chi connectivity index (χ4v) is 11.2. The molecule has 3 heterocycles. The zero-order valence-corrected chi connectivity index (χ0v) is 45.7. The molecule has 1 aromatic rings. The molecule has 3 N–H and O–H groups in total. The van der Waals surface area contributed by atoms with E-state index in [-0.39, 0.29) is 73.9 Å². The number of ketones is 3. The molecule has 74 heavy (non-hydrogen) atoms. The highest BCUT2D eigenvalue weighted by Crippen LogP contribution is 2.38. The summed E-state index contributed by atoms with van der Waals surface area (Å²) >= 11 is 0. The third-order valence-electron chi connectivity index (χ3n) is 16.1. The number of fused-ring (bicyclic) bond motifs is 3. The highest BCUT2D eigenvalue weighted by Gasteiger charge is 2.53. The lowest BCUT2D eigenvalue weighted by Gasteiger charge is -2.43. The number of benzene rings is 1. The average Bonchev–Trinajstić information content (AvgIpc) is 3.39. The zero-order chi connectivity index (χ0) is 54.3. The molecule has 3 fully saturated rings. The molecule has 0 radical (unpaired) electrons. The van der Waals surface area contributed by atoms with Crippen LogP contribution in [0.3, 0.4) is 0 Å². The molecule has 2 bridgehead atoms. The number of allylic oxidation sites excluding steroid dienone is 6. The molecule has 0 aromatic heterocycles. The molecule has 4 aliphatic rings. The van der Waals surface area contributed by atoms with Gasteiger partial charge in [0.1, 0.15) is 36.2 Å². The summed E-state index contributed by atoms with van der Waals surface area (Å²) in [4.78, 5) is 72.8. The van der Waals surface area contributed by atoms with Gasteiger partial charge in [-0.05, 0) is 113 Å². The van der Waals surface area contributed by atoms with Gasteiger partial charge in [0, 0.05) is 58.5 Å². The minimum Gasteiger partial charge on any atom is -0.460 e. The van der Waals surface area contributed by atoms with Crippen molar-refractivity contribution in [2.24, 2.45) is 35.5 Å². The van der Waals surface area contributed by atoms with E-state index in [0.29, 0.717) is 63.4 Å². The first kappa shape index (κ1) is 60.7. The summed E-state index contributed by atoms with van der Waals surface area (Å²) in [6, 6.07) is 8.53. The highest BCUT2D eigenvalue weighted by molar-refractivity contribution is 6.39. The number of hydrogen-bond acceptors (Lipinski definition) is 14. The van der Waals surface area contributed by atoms with Crippen molar-refractivity contribution in [3.63, 3.8) is 0 Å². The molecular weight excluding hydrogens is 947 g/mol. The molecule has 15 heteroatoms. The third-order valence-corrected chi connectivity index (χ3v) is 16.1. The summed E-state index contributed by atoms with van der Waals surface area (Å²) in [5.41, 5.74) is 2.15. The molecule has 16 atom stereocenters. The van der Waals surface area contributed by atoms with Crippen LogP contribution in [0.15, 0.2) is 77.9 Å². The van der Waals surface area contributed by atoms with Crippen LogP contribution in [-0.4, -0.2) is 138 Å². The van der Waals surface area contributed by atoms with Gasteiger partial charge in [-0.3, -0.25) is 19.2 Å². The first-order valence-electron chi connectivity index (χ1n) is 27.1. The van der Waals surface area contributed by atoms with Crippen LogP contribution in [0, 0.1) is 35.5 Å². The van der Waals surface area contributed by atoms with Crippen LogP contribution >= 0.6 is 0 Å². The van der Waals surface area contributed by atoms with Gasteiger partial charge < -0.3 is 48.6 Å². The second-order valence-electron chi connectivity index (χ2n) is 21.8. The number of piperidine rings is 1. The molecule has 412 valence electrons. The molecule has 5 rings (SSSR count). The molecule has 1 saturated carbocycles. The van der Waals surface area contributed by atoms with E-state index in [1.807, 2.05) is 88.4 Å².